The maximum absolute atomic E-state index is 12.1. The van der Waals surface area contributed by atoms with Crippen molar-refractivity contribution in [2.24, 2.45) is 0 Å². The van der Waals surface area contributed by atoms with Gasteiger partial charge in [-0.05, 0) is 24.6 Å². The molecule has 1 atom stereocenters. The molecule has 0 saturated heterocycles. The smallest absolute Gasteiger partial charge is 0.406 e. The number of rotatable bonds is 4. The lowest BCUT2D eigenvalue weighted by atomic mass is 10.2. The summed E-state index contributed by atoms with van der Waals surface area (Å²) in [5.74, 6) is 0.255. The Balaban J connectivity index is 2.07. The number of nitrogen functional groups attached to an aromatic ring is 2. The van der Waals surface area contributed by atoms with Crippen LogP contribution in [0.3, 0.4) is 0 Å². The van der Waals surface area contributed by atoms with Gasteiger partial charge in [-0.25, -0.2) is 9.97 Å². The van der Waals surface area contributed by atoms with E-state index in [1.807, 2.05) is 6.92 Å². The van der Waals surface area contributed by atoms with Gasteiger partial charge in [-0.2, -0.15) is 0 Å². The topological polar surface area (TPSA) is 87.0 Å². The number of nitrogens with zero attached hydrogens (tertiary/aromatic N) is 2. The van der Waals surface area contributed by atoms with Crippen LogP contribution in [0, 0.1) is 0 Å². The van der Waals surface area contributed by atoms with Gasteiger partial charge in [0, 0.05) is 11.3 Å². The summed E-state index contributed by atoms with van der Waals surface area (Å²) in [6.45, 7) is 1.87. The van der Waals surface area contributed by atoms with Crippen molar-refractivity contribution < 1.29 is 17.9 Å². The molecule has 1 aromatic carbocycles. The SMILES string of the molecule is C[C@@H](Sc1nc(N)cc(N)n1)c1ccc(OC(F)(F)F)cc1. The van der Waals surface area contributed by atoms with Crippen LogP contribution in [-0.2, 0) is 0 Å². The van der Waals surface area contributed by atoms with Gasteiger partial charge < -0.3 is 16.2 Å². The number of anilines is 2. The molecule has 2 rings (SSSR count). The van der Waals surface area contributed by atoms with Gasteiger partial charge in [0.15, 0.2) is 5.16 Å². The lowest BCUT2D eigenvalue weighted by Crippen LogP contribution is -2.17. The molecule has 5 nitrogen and oxygen atoms in total. The number of alkyl halides is 3. The van der Waals surface area contributed by atoms with Gasteiger partial charge in [0.25, 0.3) is 0 Å². The molecule has 1 heterocycles. The molecule has 2 aromatic rings. The van der Waals surface area contributed by atoms with E-state index < -0.39 is 6.36 Å². The Kier molecular flexibility index (Phi) is 4.65. The fraction of sp³-hybridized carbons (Fsp3) is 0.231. The van der Waals surface area contributed by atoms with Gasteiger partial charge in [0.1, 0.15) is 17.4 Å². The van der Waals surface area contributed by atoms with E-state index in [9.17, 15) is 13.2 Å². The summed E-state index contributed by atoms with van der Waals surface area (Å²) in [6, 6.07) is 7.06. The van der Waals surface area contributed by atoms with Crippen LogP contribution >= 0.6 is 11.8 Å². The van der Waals surface area contributed by atoms with E-state index >= 15 is 0 Å². The summed E-state index contributed by atoms with van der Waals surface area (Å²) in [4.78, 5) is 8.08. The van der Waals surface area contributed by atoms with Gasteiger partial charge in [-0.15, -0.1) is 13.2 Å². The summed E-state index contributed by atoms with van der Waals surface area (Å²) in [5, 5.41) is 0.307. The molecule has 0 aliphatic heterocycles. The van der Waals surface area contributed by atoms with Crippen molar-refractivity contribution in [3.05, 3.63) is 35.9 Å². The minimum Gasteiger partial charge on any atom is -0.406 e. The summed E-state index contributed by atoms with van der Waals surface area (Å²) < 4.78 is 40.1. The highest BCUT2D eigenvalue weighted by Gasteiger charge is 2.31. The quantitative estimate of drug-likeness (QED) is 0.660. The van der Waals surface area contributed by atoms with E-state index in [0.29, 0.717) is 5.16 Å². The molecule has 0 unspecified atom stereocenters. The van der Waals surface area contributed by atoms with E-state index in [1.54, 1.807) is 12.1 Å². The molecular weight excluding hydrogens is 317 g/mol. The molecule has 0 aliphatic carbocycles. The first-order chi connectivity index (χ1) is 10.2. The molecule has 0 spiro atoms. The van der Waals surface area contributed by atoms with Crippen molar-refractivity contribution in [1.29, 1.82) is 0 Å². The standard InChI is InChI=1S/C13H13F3N4OS/c1-7(22-12-19-10(17)6-11(18)20-12)8-2-4-9(5-3-8)21-13(14,15)16/h2-7H,1H3,(H4,17,18,19,20)/t7-/m1/s1. The third-order valence-corrected chi connectivity index (χ3v) is 3.63. The average molecular weight is 330 g/mol. The summed E-state index contributed by atoms with van der Waals surface area (Å²) in [6.07, 6.45) is -4.70. The van der Waals surface area contributed by atoms with Crippen molar-refractivity contribution >= 4 is 23.4 Å². The van der Waals surface area contributed by atoms with Gasteiger partial charge in [-0.3, -0.25) is 0 Å². The number of benzene rings is 1. The number of nitrogens with two attached hydrogens (primary N) is 2. The fourth-order valence-electron chi connectivity index (χ4n) is 1.68. The van der Waals surface area contributed by atoms with Crippen molar-refractivity contribution in [3.63, 3.8) is 0 Å². The second kappa shape index (κ2) is 6.30. The van der Waals surface area contributed by atoms with E-state index in [4.69, 9.17) is 11.5 Å². The third kappa shape index (κ3) is 4.69. The number of hydrogen-bond acceptors (Lipinski definition) is 6. The molecular formula is C13H13F3N4OS. The Bertz CT molecular complexity index is 628. The fourth-order valence-corrected chi connectivity index (χ4v) is 2.61. The lowest BCUT2D eigenvalue weighted by Gasteiger charge is -2.13. The van der Waals surface area contributed by atoms with E-state index in [2.05, 4.69) is 14.7 Å². The molecule has 4 N–H and O–H groups in total. The summed E-state index contributed by atoms with van der Waals surface area (Å²) >= 11 is 1.30. The zero-order valence-electron chi connectivity index (χ0n) is 11.5. The maximum Gasteiger partial charge on any atom is 0.573 e. The maximum atomic E-state index is 12.1. The van der Waals surface area contributed by atoms with Crippen LogP contribution < -0.4 is 16.2 Å². The Labute approximate surface area is 128 Å². The Hall–Kier alpha value is -2.16. The molecule has 118 valence electrons. The highest BCUT2D eigenvalue weighted by Crippen LogP contribution is 2.34. The van der Waals surface area contributed by atoms with Crippen LogP contribution in [-0.4, -0.2) is 16.3 Å². The van der Waals surface area contributed by atoms with Gasteiger partial charge in [-0.1, -0.05) is 23.9 Å². The molecule has 9 heteroatoms. The number of aromatic nitrogens is 2. The first-order valence-electron chi connectivity index (χ1n) is 6.15. The molecule has 1 aromatic heterocycles. The lowest BCUT2D eigenvalue weighted by molar-refractivity contribution is -0.274. The largest absolute Gasteiger partial charge is 0.573 e. The monoisotopic (exact) mass is 330 g/mol. The molecule has 0 bridgehead atoms. The summed E-state index contributed by atoms with van der Waals surface area (Å²) in [5.41, 5.74) is 12.0. The molecule has 0 amide bonds. The van der Waals surface area contributed by atoms with E-state index in [0.717, 1.165) is 5.56 Å². The highest BCUT2D eigenvalue weighted by molar-refractivity contribution is 7.99. The average Bonchev–Trinajstić information content (AvgIpc) is 2.36. The van der Waals surface area contributed by atoms with Gasteiger partial charge in [0.05, 0.1) is 0 Å². The van der Waals surface area contributed by atoms with Crippen molar-refractivity contribution in [1.82, 2.24) is 9.97 Å². The molecule has 22 heavy (non-hydrogen) atoms. The Morgan fingerprint density at radius 2 is 1.64 bits per heavy atom. The molecule has 0 radical (unpaired) electrons. The molecule has 0 aliphatic rings. The van der Waals surface area contributed by atoms with Gasteiger partial charge in [0.2, 0.25) is 0 Å². The van der Waals surface area contributed by atoms with Crippen molar-refractivity contribution in [3.8, 4) is 5.75 Å². The van der Waals surface area contributed by atoms with Crippen LogP contribution in [0.2, 0.25) is 0 Å². The van der Waals surface area contributed by atoms with E-state index in [-0.39, 0.29) is 22.6 Å². The predicted octanol–water partition coefficient (Wildman–Crippen LogP) is 3.39. The molecule has 0 saturated carbocycles. The zero-order valence-corrected chi connectivity index (χ0v) is 12.3. The number of halogens is 3. The summed E-state index contributed by atoms with van der Waals surface area (Å²) in [7, 11) is 0. The minimum atomic E-state index is -4.70. The normalized spacial score (nSPS) is 12.9. The number of ether oxygens (including phenoxy) is 1. The van der Waals surface area contributed by atoms with Gasteiger partial charge >= 0.3 is 6.36 Å². The van der Waals surface area contributed by atoms with Crippen LogP contribution in [0.15, 0.2) is 35.5 Å². The second-order valence-corrected chi connectivity index (χ2v) is 5.69. The first-order valence-corrected chi connectivity index (χ1v) is 7.03. The number of thioether (sulfide) groups is 1. The second-order valence-electron chi connectivity index (χ2n) is 4.38. The van der Waals surface area contributed by atoms with Crippen LogP contribution in [0.1, 0.15) is 17.7 Å². The minimum absolute atomic E-state index is 0.0962. The Morgan fingerprint density at radius 1 is 1.09 bits per heavy atom. The van der Waals surface area contributed by atoms with Crippen LogP contribution in [0.25, 0.3) is 0 Å². The van der Waals surface area contributed by atoms with Crippen molar-refractivity contribution in [2.45, 2.75) is 23.7 Å². The van der Waals surface area contributed by atoms with Crippen LogP contribution in [0.4, 0.5) is 24.8 Å². The first kappa shape index (κ1) is 16.2. The van der Waals surface area contributed by atoms with Crippen LogP contribution in [0.5, 0.6) is 5.75 Å². The molecule has 0 fully saturated rings. The number of hydrogen-bond donors (Lipinski definition) is 2. The third-order valence-electron chi connectivity index (χ3n) is 2.61. The Morgan fingerprint density at radius 3 is 2.14 bits per heavy atom. The van der Waals surface area contributed by atoms with Crippen molar-refractivity contribution in [2.75, 3.05) is 11.5 Å². The van der Waals surface area contributed by atoms with E-state index in [1.165, 1.54) is 30.0 Å². The highest BCUT2D eigenvalue weighted by atomic mass is 32.2. The predicted molar refractivity (Wildman–Crippen MR) is 78.3 cm³/mol. The zero-order chi connectivity index (χ0) is 16.3.